The maximum Gasteiger partial charge on any atom is 0.573 e. The van der Waals surface area contributed by atoms with Gasteiger partial charge in [-0.05, 0) is 48.4 Å². The van der Waals surface area contributed by atoms with Crippen LogP contribution in [0.5, 0.6) is 11.5 Å². The molecule has 0 saturated carbocycles. The zero-order chi connectivity index (χ0) is 16.2. The van der Waals surface area contributed by atoms with Crippen molar-refractivity contribution < 1.29 is 27.4 Å². The predicted octanol–water partition coefficient (Wildman–Crippen LogP) is 4.37. The van der Waals surface area contributed by atoms with E-state index in [1.807, 2.05) is 19.1 Å². The van der Waals surface area contributed by atoms with Crippen LogP contribution < -0.4 is 9.47 Å². The molecule has 22 heavy (non-hydrogen) atoms. The van der Waals surface area contributed by atoms with Gasteiger partial charge in [0.2, 0.25) is 0 Å². The summed E-state index contributed by atoms with van der Waals surface area (Å²) >= 11 is 0. The summed E-state index contributed by atoms with van der Waals surface area (Å²) in [6.45, 7) is 2.00. The van der Waals surface area contributed by atoms with Crippen molar-refractivity contribution in [2.24, 2.45) is 0 Å². The minimum absolute atomic E-state index is 0.138. The molecule has 116 valence electrons. The molecule has 0 aliphatic heterocycles. The second-order valence-electron chi connectivity index (χ2n) is 4.46. The van der Waals surface area contributed by atoms with Gasteiger partial charge in [0.05, 0.1) is 5.56 Å². The summed E-state index contributed by atoms with van der Waals surface area (Å²) in [5.41, 5.74) is 1.46. The van der Waals surface area contributed by atoms with E-state index in [0.717, 1.165) is 24.1 Å². The molecule has 3 nitrogen and oxygen atoms in total. The molecule has 0 amide bonds. The van der Waals surface area contributed by atoms with Gasteiger partial charge in [0.1, 0.15) is 11.5 Å². The monoisotopic (exact) mass is 310 g/mol. The van der Waals surface area contributed by atoms with Crippen LogP contribution in [0.15, 0.2) is 48.5 Å². The Labute approximate surface area is 125 Å². The molecule has 0 N–H and O–H groups in total. The molecule has 0 atom stereocenters. The van der Waals surface area contributed by atoms with E-state index in [1.165, 1.54) is 12.1 Å². The summed E-state index contributed by atoms with van der Waals surface area (Å²) in [5.74, 6) is -0.814. The maximum absolute atomic E-state index is 12.0. The molecule has 0 aliphatic rings. The molecule has 2 aromatic rings. The Morgan fingerprint density at radius 1 is 0.955 bits per heavy atom. The van der Waals surface area contributed by atoms with E-state index in [4.69, 9.17) is 4.74 Å². The molecule has 0 fully saturated rings. The third-order valence-corrected chi connectivity index (χ3v) is 2.87. The molecule has 0 spiro atoms. The molecule has 0 aliphatic carbocycles. The van der Waals surface area contributed by atoms with Crippen LogP contribution in [-0.2, 0) is 6.42 Å². The Hall–Kier alpha value is -2.50. The molecule has 0 saturated heterocycles. The van der Waals surface area contributed by atoms with E-state index >= 15 is 0 Å². The van der Waals surface area contributed by atoms with Gasteiger partial charge >= 0.3 is 12.3 Å². The number of halogens is 3. The highest BCUT2D eigenvalue weighted by atomic mass is 19.4. The lowest BCUT2D eigenvalue weighted by Crippen LogP contribution is -2.17. The topological polar surface area (TPSA) is 35.5 Å². The smallest absolute Gasteiger partial charge is 0.423 e. The number of alkyl halides is 3. The number of rotatable bonds is 4. The standard InChI is InChI=1S/C16H13F3O3/c1-2-11-3-5-12(6-4-11)15(20)21-13-7-9-14(10-8-13)22-16(17,18)19/h3-10H,2H2,1H3. The Morgan fingerprint density at radius 2 is 1.50 bits per heavy atom. The zero-order valence-electron chi connectivity index (χ0n) is 11.7. The van der Waals surface area contributed by atoms with E-state index in [0.29, 0.717) is 5.56 Å². The SMILES string of the molecule is CCc1ccc(C(=O)Oc2ccc(OC(F)(F)F)cc2)cc1. The van der Waals surface area contributed by atoms with Crippen molar-refractivity contribution in [2.45, 2.75) is 19.7 Å². The van der Waals surface area contributed by atoms with Crippen LogP contribution in [0, 0.1) is 0 Å². The highest BCUT2D eigenvalue weighted by Gasteiger charge is 2.31. The zero-order valence-corrected chi connectivity index (χ0v) is 11.7. The summed E-state index contributed by atoms with van der Waals surface area (Å²) < 4.78 is 44.9. The highest BCUT2D eigenvalue weighted by Crippen LogP contribution is 2.25. The molecule has 2 rings (SSSR count). The van der Waals surface area contributed by atoms with Crippen LogP contribution in [0.3, 0.4) is 0 Å². The molecular formula is C16H13F3O3. The van der Waals surface area contributed by atoms with Gasteiger partial charge in [-0.3, -0.25) is 0 Å². The minimum atomic E-state index is -4.75. The first-order chi connectivity index (χ1) is 10.4. The van der Waals surface area contributed by atoms with Crippen LogP contribution in [0.1, 0.15) is 22.8 Å². The summed E-state index contributed by atoms with van der Waals surface area (Å²) in [6, 6.07) is 11.5. The number of hydrogen-bond donors (Lipinski definition) is 0. The quantitative estimate of drug-likeness (QED) is 0.621. The number of ether oxygens (including phenoxy) is 2. The molecule has 0 heterocycles. The Bertz CT molecular complexity index is 631. The van der Waals surface area contributed by atoms with E-state index in [9.17, 15) is 18.0 Å². The van der Waals surface area contributed by atoms with Gasteiger partial charge in [-0.15, -0.1) is 13.2 Å². The largest absolute Gasteiger partial charge is 0.573 e. The fourth-order valence-electron chi connectivity index (χ4n) is 1.75. The molecule has 0 bridgehead atoms. The second kappa shape index (κ2) is 6.51. The van der Waals surface area contributed by atoms with Crippen LogP contribution in [0.4, 0.5) is 13.2 Å². The van der Waals surface area contributed by atoms with Crippen molar-refractivity contribution in [3.63, 3.8) is 0 Å². The van der Waals surface area contributed by atoms with E-state index in [1.54, 1.807) is 12.1 Å². The Morgan fingerprint density at radius 3 is 2.00 bits per heavy atom. The van der Waals surface area contributed by atoms with Gasteiger partial charge < -0.3 is 9.47 Å². The Kier molecular flexibility index (Phi) is 4.70. The van der Waals surface area contributed by atoms with E-state index in [2.05, 4.69) is 4.74 Å². The van der Waals surface area contributed by atoms with Gasteiger partial charge in [-0.1, -0.05) is 19.1 Å². The van der Waals surface area contributed by atoms with Crippen molar-refractivity contribution in [1.29, 1.82) is 0 Å². The van der Waals surface area contributed by atoms with E-state index < -0.39 is 12.3 Å². The van der Waals surface area contributed by atoms with Crippen molar-refractivity contribution in [2.75, 3.05) is 0 Å². The van der Waals surface area contributed by atoms with Crippen LogP contribution >= 0.6 is 0 Å². The number of benzene rings is 2. The molecular weight excluding hydrogens is 297 g/mol. The second-order valence-corrected chi connectivity index (χ2v) is 4.46. The third-order valence-electron chi connectivity index (χ3n) is 2.87. The number of carbonyl (C=O) groups is 1. The summed E-state index contributed by atoms with van der Waals surface area (Å²) in [4.78, 5) is 11.9. The van der Waals surface area contributed by atoms with E-state index in [-0.39, 0.29) is 11.5 Å². The number of esters is 1. The van der Waals surface area contributed by atoms with Crippen molar-refractivity contribution >= 4 is 5.97 Å². The molecule has 0 unspecified atom stereocenters. The molecule has 0 aromatic heterocycles. The fraction of sp³-hybridized carbons (Fsp3) is 0.188. The van der Waals surface area contributed by atoms with Gasteiger partial charge in [0, 0.05) is 0 Å². The van der Waals surface area contributed by atoms with Crippen LogP contribution in [-0.4, -0.2) is 12.3 Å². The average molecular weight is 310 g/mol. The van der Waals surface area contributed by atoms with Crippen molar-refractivity contribution in [3.8, 4) is 11.5 Å². The lowest BCUT2D eigenvalue weighted by atomic mass is 10.1. The normalized spacial score (nSPS) is 11.1. The minimum Gasteiger partial charge on any atom is -0.423 e. The first-order valence-corrected chi connectivity index (χ1v) is 6.54. The average Bonchev–Trinajstić information content (AvgIpc) is 2.48. The van der Waals surface area contributed by atoms with Gasteiger partial charge in [0.25, 0.3) is 0 Å². The number of aryl methyl sites for hydroxylation is 1. The van der Waals surface area contributed by atoms with Crippen molar-refractivity contribution in [3.05, 3.63) is 59.7 Å². The first-order valence-electron chi connectivity index (χ1n) is 6.54. The number of carbonyl (C=O) groups excluding carboxylic acids is 1. The lowest BCUT2D eigenvalue weighted by molar-refractivity contribution is -0.274. The molecule has 6 heteroatoms. The van der Waals surface area contributed by atoms with Crippen LogP contribution in [0.25, 0.3) is 0 Å². The van der Waals surface area contributed by atoms with Gasteiger partial charge in [-0.2, -0.15) is 0 Å². The first kappa shape index (κ1) is 15.9. The molecule has 2 aromatic carbocycles. The summed E-state index contributed by atoms with van der Waals surface area (Å²) in [7, 11) is 0. The summed E-state index contributed by atoms with van der Waals surface area (Å²) in [5, 5.41) is 0. The Balaban J connectivity index is 2.02. The number of hydrogen-bond acceptors (Lipinski definition) is 3. The fourth-order valence-corrected chi connectivity index (χ4v) is 1.75. The molecule has 0 radical (unpaired) electrons. The third kappa shape index (κ3) is 4.51. The van der Waals surface area contributed by atoms with Gasteiger partial charge in [0.15, 0.2) is 0 Å². The van der Waals surface area contributed by atoms with Crippen molar-refractivity contribution in [1.82, 2.24) is 0 Å². The highest BCUT2D eigenvalue weighted by molar-refractivity contribution is 5.91. The maximum atomic E-state index is 12.0. The summed E-state index contributed by atoms with van der Waals surface area (Å²) in [6.07, 6.45) is -3.89. The lowest BCUT2D eigenvalue weighted by Gasteiger charge is -2.09. The predicted molar refractivity (Wildman–Crippen MR) is 73.9 cm³/mol. The van der Waals surface area contributed by atoms with Gasteiger partial charge in [-0.25, -0.2) is 4.79 Å². The van der Waals surface area contributed by atoms with Crippen LogP contribution in [0.2, 0.25) is 0 Å².